The van der Waals surface area contributed by atoms with Gasteiger partial charge in [0.25, 0.3) is 5.56 Å². The van der Waals surface area contributed by atoms with Crippen LogP contribution < -0.4 is 16.6 Å². The molecular weight excluding hydrogens is 372 g/mol. The Hall–Kier alpha value is -3.86. The second-order valence-electron chi connectivity index (χ2n) is 6.69. The smallest absolute Gasteiger partial charge is 0.337 e. The number of carbonyl (C=O) groups excluding carboxylic acids is 1. The predicted molar refractivity (Wildman–Crippen MR) is 107 cm³/mol. The number of nitriles is 1. The van der Waals surface area contributed by atoms with Crippen LogP contribution in [0.15, 0.2) is 57.8 Å². The molecular formula is C21H20N4O4. The maximum absolute atomic E-state index is 13.0. The Kier molecular flexibility index (Phi) is 5.24. The molecule has 29 heavy (non-hydrogen) atoms. The van der Waals surface area contributed by atoms with Crippen LogP contribution in [0.4, 0.5) is 5.82 Å². The number of ether oxygens (including phenoxy) is 1. The molecule has 1 aromatic heterocycles. The SMILES string of the molecule is C=CCOC(=O)C1=C(C)Nc2c(c(=O)n(C)c(=O)n2C)[C@@H]1c1ccc(C#N)cc1. The molecule has 1 atom stereocenters. The van der Waals surface area contributed by atoms with Crippen molar-refractivity contribution in [2.24, 2.45) is 14.1 Å². The topological polar surface area (TPSA) is 106 Å². The summed E-state index contributed by atoms with van der Waals surface area (Å²) < 4.78 is 7.59. The number of carbonyl (C=O) groups is 1. The molecule has 1 aromatic carbocycles. The number of aromatic nitrogens is 2. The summed E-state index contributed by atoms with van der Waals surface area (Å²) in [4.78, 5) is 38.3. The van der Waals surface area contributed by atoms with E-state index in [0.29, 0.717) is 22.6 Å². The fraction of sp³-hybridized carbons (Fsp3) is 0.238. The minimum Gasteiger partial charge on any atom is -0.458 e. The second kappa shape index (κ2) is 7.64. The first-order chi connectivity index (χ1) is 13.8. The number of benzene rings is 1. The van der Waals surface area contributed by atoms with Gasteiger partial charge >= 0.3 is 11.7 Å². The Morgan fingerprint density at radius 3 is 2.52 bits per heavy atom. The van der Waals surface area contributed by atoms with E-state index in [1.54, 1.807) is 38.2 Å². The van der Waals surface area contributed by atoms with E-state index in [0.717, 1.165) is 4.57 Å². The minimum atomic E-state index is -0.762. The number of hydrogen-bond donors (Lipinski definition) is 1. The van der Waals surface area contributed by atoms with E-state index in [-0.39, 0.29) is 17.7 Å². The van der Waals surface area contributed by atoms with Gasteiger partial charge in [0.05, 0.1) is 28.7 Å². The quantitative estimate of drug-likeness (QED) is 0.625. The minimum absolute atomic E-state index is 0.0217. The van der Waals surface area contributed by atoms with E-state index in [2.05, 4.69) is 11.9 Å². The van der Waals surface area contributed by atoms with Crippen LogP contribution in [0.25, 0.3) is 0 Å². The number of nitrogens with one attached hydrogen (secondary N) is 1. The molecule has 1 aliphatic rings. The lowest BCUT2D eigenvalue weighted by Crippen LogP contribution is -2.43. The molecule has 0 amide bonds. The van der Waals surface area contributed by atoms with Gasteiger partial charge in [-0.05, 0) is 24.6 Å². The molecule has 8 heteroatoms. The number of rotatable bonds is 4. The predicted octanol–water partition coefficient (Wildman–Crippen LogP) is 1.52. The molecule has 1 aliphatic heterocycles. The fourth-order valence-corrected chi connectivity index (χ4v) is 3.45. The van der Waals surface area contributed by atoms with Crippen molar-refractivity contribution in [3.05, 3.63) is 85.7 Å². The summed E-state index contributed by atoms with van der Waals surface area (Å²) in [6, 6.07) is 8.66. The van der Waals surface area contributed by atoms with Gasteiger partial charge in [0.15, 0.2) is 0 Å². The molecule has 0 radical (unpaired) electrons. The van der Waals surface area contributed by atoms with Crippen molar-refractivity contribution in [1.82, 2.24) is 9.13 Å². The zero-order valence-electron chi connectivity index (χ0n) is 16.4. The molecule has 148 valence electrons. The van der Waals surface area contributed by atoms with Gasteiger partial charge in [-0.3, -0.25) is 13.9 Å². The number of anilines is 1. The Bertz CT molecular complexity index is 1190. The highest BCUT2D eigenvalue weighted by molar-refractivity contribution is 5.94. The summed E-state index contributed by atoms with van der Waals surface area (Å²) in [5.41, 5.74) is 1.09. The van der Waals surface area contributed by atoms with Crippen LogP contribution in [0, 0.1) is 11.3 Å². The molecule has 3 rings (SSSR count). The van der Waals surface area contributed by atoms with Gasteiger partial charge in [-0.1, -0.05) is 24.8 Å². The van der Waals surface area contributed by atoms with Gasteiger partial charge in [-0.15, -0.1) is 0 Å². The Labute approximate surface area is 167 Å². The van der Waals surface area contributed by atoms with Crippen molar-refractivity contribution in [2.45, 2.75) is 12.8 Å². The van der Waals surface area contributed by atoms with E-state index < -0.39 is 23.1 Å². The fourth-order valence-electron chi connectivity index (χ4n) is 3.45. The summed E-state index contributed by atoms with van der Waals surface area (Å²) in [6.45, 7) is 5.25. The summed E-state index contributed by atoms with van der Waals surface area (Å²) in [7, 11) is 2.94. The largest absolute Gasteiger partial charge is 0.458 e. The van der Waals surface area contributed by atoms with Crippen molar-refractivity contribution in [1.29, 1.82) is 5.26 Å². The standard InChI is InChI=1S/C21H20N4O4/c1-5-10-29-20(27)15-12(2)23-18-17(19(26)25(4)21(28)24(18)3)16(15)14-8-6-13(11-22)7-9-14/h5-9,16,23H,1,10H2,2-4H3/t16-/m1/s1. The Balaban J connectivity index is 2.33. The molecule has 0 unspecified atom stereocenters. The maximum Gasteiger partial charge on any atom is 0.337 e. The molecule has 0 aliphatic carbocycles. The van der Waals surface area contributed by atoms with E-state index in [1.807, 2.05) is 6.07 Å². The van der Waals surface area contributed by atoms with Crippen LogP contribution in [-0.2, 0) is 23.6 Å². The van der Waals surface area contributed by atoms with Crippen molar-refractivity contribution < 1.29 is 9.53 Å². The number of fused-ring (bicyclic) bond motifs is 1. The third-order valence-corrected chi connectivity index (χ3v) is 4.91. The van der Waals surface area contributed by atoms with Crippen molar-refractivity contribution >= 4 is 11.8 Å². The highest BCUT2D eigenvalue weighted by atomic mass is 16.5. The summed E-state index contributed by atoms with van der Waals surface area (Å²) in [5.74, 6) is -1.03. The molecule has 1 N–H and O–H groups in total. The summed E-state index contributed by atoms with van der Waals surface area (Å²) in [5, 5.41) is 12.1. The van der Waals surface area contributed by atoms with Crippen LogP contribution >= 0.6 is 0 Å². The third kappa shape index (κ3) is 3.27. The lowest BCUT2D eigenvalue weighted by molar-refractivity contribution is -0.138. The van der Waals surface area contributed by atoms with E-state index in [9.17, 15) is 14.4 Å². The normalized spacial score (nSPS) is 15.2. The molecule has 0 spiro atoms. The van der Waals surface area contributed by atoms with E-state index in [1.165, 1.54) is 17.7 Å². The summed E-state index contributed by atoms with van der Waals surface area (Å²) >= 11 is 0. The molecule has 0 bridgehead atoms. The van der Waals surface area contributed by atoms with Crippen LogP contribution in [0.1, 0.15) is 29.5 Å². The highest BCUT2D eigenvalue weighted by Crippen LogP contribution is 2.39. The number of hydrogen-bond acceptors (Lipinski definition) is 6. The van der Waals surface area contributed by atoms with Gasteiger partial charge in [-0.2, -0.15) is 5.26 Å². The average Bonchev–Trinajstić information content (AvgIpc) is 2.73. The lowest BCUT2D eigenvalue weighted by atomic mass is 9.82. The van der Waals surface area contributed by atoms with Crippen molar-refractivity contribution in [3.8, 4) is 6.07 Å². The maximum atomic E-state index is 13.0. The molecule has 0 fully saturated rings. The van der Waals surface area contributed by atoms with Crippen molar-refractivity contribution in [3.63, 3.8) is 0 Å². The molecule has 2 heterocycles. The molecule has 8 nitrogen and oxygen atoms in total. The highest BCUT2D eigenvalue weighted by Gasteiger charge is 2.37. The lowest BCUT2D eigenvalue weighted by Gasteiger charge is -2.30. The zero-order valence-corrected chi connectivity index (χ0v) is 16.4. The van der Waals surface area contributed by atoms with Gasteiger partial charge in [0, 0.05) is 19.8 Å². The first-order valence-corrected chi connectivity index (χ1v) is 8.87. The zero-order chi connectivity index (χ0) is 21.3. The molecule has 2 aromatic rings. The molecule has 0 saturated carbocycles. The van der Waals surface area contributed by atoms with Crippen LogP contribution in [0.5, 0.6) is 0 Å². The third-order valence-electron chi connectivity index (χ3n) is 4.91. The Morgan fingerprint density at radius 1 is 1.28 bits per heavy atom. The number of nitrogens with zero attached hydrogens (tertiary/aromatic N) is 3. The van der Waals surface area contributed by atoms with E-state index >= 15 is 0 Å². The van der Waals surface area contributed by atoms with E-state index in [4.69, 9.17) is 10.00 Å². The van der Waals surface area contributed by atoms with Crippen LogP contribution in [0.2, 0.25) is 0 Å². The number of allylic oxidation sites excluding steroid dienone is 1. The molecule has 0 saturated heterocycles. The van der Waals surface area contributed by atoms with Crippen molar-refractivity contribution in [2.75, 3.05) is 11.9 Å². The van der Waals surface area contributed by atoms with Gasteiger partial charge in [0.1, 0.15) is 12.4 Å². The van der Waals surface area contributed by atoms with Crippen LogP contribution in [0.3, 0.4) is 0 Å². The number of esters is 1. The average molecular weight is 392 g/mol. The Morgan fingerprint density at radius 2 is 1.93 bits per heavy atom. The monoisotopic (exact) mass is 392 g/mol. The van der Waals surface area contributed by atoms with Gasteiger partial charge in [-0.25, -0.2) is 9.59 Å². The van der Waals surface area contributed by atoms with Gasteiger partial charge in [0.2, 0.25) is 0 Å². The van der Waals surface area contributed by atoms with Gasteiger partial charge < -0.3 is 10.1 Å². The first kappa shape index (κ1) is 19.9. The second-order valence-corrected chi connectivity index (χ2v) is 6.69. The van der Waals surface area contributed by atoms with Crippen LogP contribution in [-0.4, -0.2) is 21.7 Å². The summed E-state index contributed by atoms with van der Waals surface area (Å²) in [6.07, 6.45) is 1.46. The first-order valence-electron chi connectivity index (χ1n) is 8.87.